The van der Waals surface area contributed by atoms with E-state index in [0.717, 1.165) is 10.2 Å². The highest BCUT2D eigenvalue weighted by Crippen LogP contribution is 2.28. The molecule has 0 aliphatic carbocycles. The van der Waals surface area contributed by atoms with Crippen LogP contribution in [-0.4, -0.2) is 4.98 Å². The predicted molar refractivity (Wildman–Crippen MR) is 75.8 cm³/mol. The number of nitrogens with one attached hydrogen (secondary N) is 1. The third kappa shape index (κ3) is 2.73. The van der Waals surface area contributed by atoms with E-state index < -0.39 is 0 Å². The van der Waals surface area contributed by atoms with Crippen LogP contribution in [0.5, 0.6) is 0 Å². The molecule has 0 saturated heterocycles. The van der Waals surface area contributed by atoms with Gasteiger partial charge in [0.25, 0.3) is 0 Å². The minimum absolute atomic E-state index is 0.193. The van der Waals surface area contributed by atoms with Crippen LogP contribution in [0.2, 0.25) is 5.02 Å². The zero-order valence-corrected chi connectivity index (χ0v) is 11.5. The molecule has 18 heavy (non-hydrogen) atoms. The third-order valence-corrected chi connectivity index (χ3v) is 3.15. The van der Waals surface area contributed by atoms with Crippen molar-refractivity contribution in [3.63, 3.8) is 0 Å². The number of halogens is 2. The number of rotatable bonds is 2. The van der Waals surface area contributed by atoms with E-state index in [-0.39, 0.29) is 5.69 Å². The Kier molecular flexibility index (Phi) is 3.70. The van der Waals surface area contributed by atoms with Gasteiger partial charge in [-0.15, -0.1) is 0 Å². The Balaban J connectivity index is 2.34. The highest BCUT2D eigenvalue weighted by atomic mass is 79.9. The van der Waals surface area contributed by atoms with Gasteiger partial charge in [-0.05, 0) is 46.3 Å². The summed E-state index contributed by atoms with van der Waals surface area (Å²) >= 11 is 9.31. The number of hydrogen-bond acceptors (Lipinski definition) is 4. The normalized spacial score (nSPS) is 9.83. The molecule has 2 rings (SSSR count). The second-order valence-corrected chi connectivity index (χ2v) is 4.79. The molecule has 1 aromatic heterocycles. The average Bonchev–Trinajstić information content (AvgIpc) is 2.36. The van der Waals surface area contributed by atoms with Crippen molar-refractivity contribution < 1.29 is 0 Å². The van der Waals surface area contributed by atoms with Crippen LogP contribution in [-0.2, 0) is 0 Å². The summed E-state index contributed by atoms with van der Waals surface area (Å²) in [5.74, 6) is 0.531. The summed E-state index contributed by atoms with van der Waals surface area (Å²) in [4.78, 5) is 4.10. The summed E-state index contributed by atoms with van der Waals surface area (Å²) in [7, 11) is 0. The lowest BCUT2D eigenvalue weighted by atomic mass is 10.3. The van der Waals surface area contributed by atoms with Gasteiger partial charge in [0, 0.05) is 9.50 Å². The number of pyridine rings is 1. The van der Waals surface area contributed by atoms with Gasteiger partial charge in [0.2, 0.25) is 0 Å². The van der Waals surface area contributed by atoms with E-state index in [1.54, 1.807) is 24.3 Å². The van der Waals surface area contributed by atoms with Gasteiger partial charge < -0.3 is 11.1 Å². The minimum Gasteiger partial charge on any atom is -0.396 e. The molecule has 2 aromatic rings. The van der Waals surface area contributed by atoms with E-state index in [2.05, 4.69) is 26.2 Å². The molecule has 0 saturated carbocycles. The maximum Gasteiger partial charge on any atom is 0.165 e. The number of nitrogen functional groups attached to an aromatic ring is 1. The quantitative estimate of drug-likeness (QED) is 0.883. The van der Waals surface area contributed by atoms with Crippen LogP contribution < -0.4 is 11.1 Å². The Morgan fingerprint density at radius 1 is 1.33 bits per heavy atom. The fourth-order valence-corrected chi connectivity index (χ4v) is 1.88. The first kappa shape index (κ1) is 12.7. The van der Waals surface area contributed by atoms with Crippen molar-refractivity contribution in [3.8, 4) is 6.07 Å². The van der Waals surface area contributed by atoms with E-state index in [9.17, 15) is 0 Å². The minimum atomic E-state index is 0.193. The fraction of sp³-hybridized carbons (Fsp3) is 0. The van der Waals surface area contributed by atoms with Gasteiger partial charge in [0.1, 0.15) is 11.9 Å². The van der Waals surface area contributed by atoms with Crippen molar-refractivity contribution in [2.24, 2.45) is 0 Å². The van der Waals surface area contributed by atoms with Gasteiger partial charge in [-0.3, -0.25) is 0 Å². The van der Waals surface area contributed by atoms with Gasteiger partial charge in [0.05, 0.1) is 11.4 Å². The van der Waals surface area contributed by atoms with Crippen LogP contribution in [0.15, 0.2) is 34.8 Å². The molecule has 0 bridgehead atoms. The largest absolute Gasteiger partial charge is 0.396 e. The van der Waals surface area contributed by atoms with E-state index >= 15 is 0 Å². The van der Waals surface area contributed by atoms with Crippen molar-refractivity contribution >= 4 is 44.7 Å². The van der Waals surface area contributed by atoms with E-state index in [4.69, 9.17) is 22.6 Å². The van der Waals surface area contributed by atoms with Gasteiger partial charge in [0.15, 0.2) is 5.69 Å². The molecule has 4 nitrogen and oxygen atoms in total. The standard InChI is InChI=1S/C12H8BrClN4/c13-8-2-1-7(14)5-10(8)17-12-4-3-9(16)11(6-15)18-12/h1-5H,16H2,(H,17,18). The number of benzene rings is 1. The number of nitrogens with two attached hydrogens (primary N) is 1. The smallest absolute Gasteiger partial charge is 0.165 e. The highest BCUT2D eigenvalue weighted by molar-refractivity contribution is 9.10. The molecule has 0 aliphatic heterocycles. The summed E-state index contributed by atoms with van der Waals surface area (Å²) in [5.41, 5.74) is 6.92. The van der Waals surface area contributed by atoms with Crippen LogP contribution >= 0.6 is 27.5 Å². The summed E-state index contributed by atoms with van der Waals surface area (Å²) in [5, 5.41) is 12.5. The topological polar surface area (TPSA) is 74.7 Å². The first-order valence-corrected chi connectivity index (χ1v) is 6.16. The van der Waals surface area contributed by atoms with Gasteiger partial charge in [-0.1, -0.05) is 11.6 Å². The number of nitrogens with zero attached hydrogens (tertiary/aromatic N) is 2. The third-order valence-electron chi connectivity index (χ3n) is 2.22. The van der Waals surface area contributed by atoms with Crippen LogP contribution in [0, 0.1) is 11.3 Å². The molecule has 90 valence electrons. The monoisotopic (exact) mass is 322 g/mol. The van der Waals surface area contributed by atoms with Gasteiger partial charge in [-0.25, -0.2) is 4.98 Å². The number of anilines is 3. The van der Waals surface area contributed by atoms with Crippen molar-refractivity contribution in [2.75, 3.05) is 11.1 Å². The number of nitriles is 1. The first-order valence-electron chi connectivity index (χ1n) is 4.99. The molecular weight excluding hydrogens is 316 g/mol. The molecule has 0 spiro atoms. The molecule has 0 aliphatic rings. The number of hydrogen-bond donors (Lipinski definition) is 2. The summed E-state index contributed by atoms with van der Waals surface area (Å²) in [6, 6.07) is 10.6. The predicted octanol–water partition coefficient (Wildman–Crippen LogP) is 3.69. The Bertz CT molecular complexity index is 636. The highest BCUT2D eigenvalue weighted by Gasteiger charge is 2.05. The SMILES string of the molecule is N#Cc1nc(Nc2cc(Cl)ccc2Br)ccc1N. The summed E-state index contributed by atoms with van der Waals surface area (Å²) < 4.78 is 0.851. The Morgan fingerprint density at radius 3 is 2.83 bits per heavy atom. The molecule has 0 fully saturated rings. The maximum atomic E-state index is 8.86. The molecule has 1 heterocycles. The van der Waals surface area contributed by atoms with E-state index in [1.165, 1.54) is 0 Å². The Hall–Kier alpha value is -1.77. The molecule has 0 amide bonds. The van der Waals surface area contributed by atoms with E-state index in [0.29, 0.717) is 16.5 Å². The molecule has 0 unspecified atom stereocenters. The average molecular weight is 324 g/mol. The van der Waals surface area contributed by atoms with E-state index in [1.807, 2.05) is 12.1 Å². The van der Waals surface area contributed by atoms with Crippen molar-refractivity contribution in [3.05, 3.63) is 45.5 Å². The molecule has 0 radical (unpaired) electrons. The van der Waals surface area contributed by atoms with Crippen LogP contribution in [0.25, 0.3) is 0 Å². The van der Waals surface area contributed by atoms with Crippen molar-refractivity contribution in [2.45, 2.75) is 0 Å². The van der Waals surface area contributed by atoms with Crippen LogP contribution in [0.1, 0.15) is 5.69 Å². The second kappa shape index (κ2) is 5.25. The summed E-state index contributed by atoms with van der Waals surface area (Å²) in [6.45, 7) is 0. The summed E-state index contributed by atoms with van der Waals surface area (Å²) in [6.07, 6.45) is 0. The molecule has 6 heteroatoms. The molecule has 0 atom stereocenters. The van der Waals surface area contributed by atoms with Crippen LogP contribution in [0.4, 0.5) is 17.2 Å². The second-order valence-electron chi connectivity index (χ2n) is 3.50. The lowest BCUT2D eigenvalue weighted by molar-refractivity contribution is 1.26. The fourth-order valence-electron chi connectivity index (χ4n) is 1.36. The zero-order chi connectivity index (χ0) is 13.1. The van der Waals surface area contributed by atoms with Crippen molar-refractivity contribution in [1.82, 2.24) is 4.98 Å². The first-order chi connectivity index (χ1) is 8.60. The zero-order valence-electron chi connectivity index (χ0n) is 9.11. The van der Waals surface area contributed by atoms with Crippen LogP contribution in [0.3, 0.4) is 0 Å². The lowest BCUT2D eigenvalue weighted by Gasteiger charge is -2.09. The van der Waals surface area contributed by atoms with Gasteiger partial charge >= 0.3 is 0 Å². The molecular formula is C12H8BrClN4. The van der Waals surface area contributed by atoms with Crippen molar-refractivity contribution in [1.29, 1.82) is 5.26 Å². The molecule has 1 aromatic carbocycles. The number of aromatic nitrogens is 1. The lowest BCUT2D eigenvalue weighted by Crippen LogP contribution is -1.99. The van der Waals surface area contributed by atoms with Gasteiger partial charge in [-0.2, -0.15) is 5.26 Å². The molecule has 3 N–H and O–H groups in total. The Labute approximate surface area is 118 Å². The maximum absolute atomic E-state index is 8.86. The Morgan fingerprint density at radius 2 is 2.11 bits per heavy atom.